The zero-order valence-electron chi connectivity index (χ0n) is 12.8. The molecule has 1 heteroatoms. The molecule has 0 saturated carbocycles. The van der Waals surface area contributed by atoms with Crippen molar-refractivity contribution in [2.24, 2.45) is 0 Å². The predicted octanol–water partition coefficient (Wildman–Crippen LogP) is 4.90. The van der Waals surface area contributed by atoms with E-state index < -0.39 is 0 Å². The van der Waals surface area contributed by atoms with Crippen LogP contribution in [0.3, 0.4) is 0 Å². The SMILES string of the molecule is Cc1cccc2c1NC(C)(C)CC2(C)c1ccccc1. The fourth-order valence-electron chi connectivity index (χ4n) is 3.72. The molecule has 20 heavy (non-hydrogen) atoms. The Hall–Kier alpha value is -1.76. The Balaban J connectivity index is 2.25. The standard InChI is InChI=1S/C19H23N/c1-14-9-8-12-16-17(14)20-18(2,3)13-19(16,4)15-10-6-5-7-11-15/h5-12,20H,13H2,1-4H3. The Kier molecular flexibility index (Phi) is 2.89. The van der Waals surface area contributed by atoms with Crippen molar-refractivity contribution >= 4 is 5.69 Å². The fourth-order valence-corrected chi connectivity index (χ4v) is 3.72. The van der Waals surface area contributed by atoms with Gasteiger partial charge in [-0.3, -0.25) is 0 Å². The number of hydrogen-bond donors (Lipinski definition) is 1. The van der Waals surface area contributed by atoms with Crippen molar-refractivity contribution < 1.29 is 0 Å². The van der Waals surface area contributed by atoms with Crippen LogP contribution in [0.2, 0.25) is 0 Å². The molecule has 0 fully saturated rings. The van der Waals surface area contributed by atoms with E-state index in [1.54, 1.807) is 0 Å². The highest BCUT2D eigenvalue weighted by Gasteiger charge is 2.41. The first-order valence-electron chi connectivity index (χ1n) is 7.36. The van der Waals surface area contributed by atoms with E-state index in [-0.39, 0.29) is 11.0 Å². The average molecular weight is 265 g/mol. The van der Waals surface area contributed by atoms with Gasteiger partial charge in [0.2, 0.25) is 0 Å². The second kappa shape index (κ2) is 4.37. The van der Waals surface area contributed by atoms with Gasteiger partial charge in [0, 0.05) is 16.6 Å². The van der Waals surface area contributed by atoms with Crippen molar-refractivity contribution in [1.82, 2.24) is 0 Å². The number of aryl methyl sites for hydroxylation is 1. The molecule has 0 bridgehead atoms. The zero-order valence-corrected chi connectivity index (χ0v) is 12.8. The van der Waals surface area contributed by atoms with Gasteiger partial charge in [-0.25, -0.2) is 0 Å². The molecule has 0 amide bonds. The third-order valence-electron chi connectivity index (χ3n) is 4.54. The first kappa shape index (κ1) is 13.2. The minimum atomic E-state index is 0.0668. The van der Waals surface area contributed by atoms with Gasteiger partial charge in [0.25, 0.3) is 0 Å². The molecule has 1 aliphatic rings. The monoisotopic (exact) mass is 265 g/mol. The largest absolute Gasteiger partial charge is 0.380 e. The summed E-state index contributed by atoms with van der Waals surface area (Å²) in [5.41, 5.74) is 5.64. The van der Waals surface area contributed by atoms with Crippen LogP contribution >= 0.6 is 0 Å². The Morgan fingerprint density at radius 1 is 0.900 bits per heavy atom. The van der Waals surface area contributed by atoms with Gasteiger partial charge in [-0.15, -0.1) is 0 Å². The number of rotatable bonds is 1. The van der Waals surface area contributed by atoms with E-state index in [9.17, 15) is 0 Å². The van der Waals surface area contributed by atoms with Crippen molar-refractivity contribution in [2.45, 2.75) is 45.1 Å². The van der Waals surface area contributed by atoms with Crippen molar-refractivity contribution in [1.29, 1.82) is 0 Å². The van der Waals surface area contributed by atoms with Crippen LogP contribution in [-0.4, -0.2) is 5.54 Å². The Morgan fingerprint density at radius 3 is 2.30 bits per heavy atom. The van der Waals surface area contributed by atoms with Crippen LogP contribution in [0.1, 0.15) is 43.9 Å². The summed E-state index contributed by atoms with van der Waals surface area (Å²) in [6.45, 7) is 9.16. The molecule has 1 unspecified atom stereocenters. The Bertz CT molecular complexity index is 627. The van der Waals surface area contributed by atoms with Crippen molar-refractivity contribution in [3.8, 4) is 0 Å². The number of anilines is 1. The van der Waals surface area contributed by atoms with Crippen LogP contribution < -0.4 is 5.32 Å². The van der Waals surface area contributed by atoms with E-state index in [2.05, 4.69) is 81.5 Å². The number of fused-ring (bicyclic) bond motifs is 1. The van der Waals surface area contributed by atoms with Crippen LogP contribution in [0.25, 0.3) is 0 Å². The summed E-state index contributed by atoms with van der Waals surface area (Å²) in [6, 6.07) is 17.5. The molecule has 1 nitrogen and oxygen atoms in total. The normalized spacial score (nSPS) is 23.8. The fraction of sp³-hybridized carbons (Fsp3) is 0.368. The highest BCUT2D eigenvalue weighted by Crippen LogP contribution is 2.48. The van der Waals surface area contributed by atoms with Crippen molar-refractivity contribution in [3.63, 3.8) is 0 Å². The van der Waals surface area contributed by atoms with Crippen LogP contribution in [0.5, 0.6) is 0 Å². The molecule has 1 atom stereocenters. The second-order valence-electron chi connectivity index (χ2n) is 6.88. The quantitative estimate of drug-likeness (QED) is 0.773. The zero-order chi connectivity index (χ0) is 14.4. The molecule has 2 aromatic rings. The number of para-hydroxylation sites is 1. The Labute approximate surface area is 122 Å². The van der Waals surface area contributed by atoms with Gasteiger partial charge in [-0.1, -0.05) is 55.5 Å². The summed E-state index contributed by atoms with van der Waals surface area (Å²) in [4.78, 5) is 0. The lowest BCUT2D eigenvalue weighted by Crippen LogP contribution is -2.45. The van der Waals surface area contributed by atoms with Gasteiger partial charge in [0.05, 0.1) is 0 Å². The van der Waals surface area contributed by atoms with Gasteiger partial charge < -0.3 is 5.32 Å². The van der Waals surface area contributed by atoms with E-state index in [0.717, 1.165) is 6.42 Å². The maximum absolute atomic E-state index is 3.73. The molecule has 0 aliphatic carbocycles. The maximum Gasteiger partial charge on any atom is 0.0415 e. The van der Waals surface area contributed by atoms with Gasteiger partial charge in [-0.2, -0.15) is 0 Å². The van der Waals surface area contributed by atoms with E-state index in [1.165, 1.54) is 22.4 Å². The van der Waals surface area contributed by atoms with Gasteiger partial charge in [0.15, 0.2) is 0 Å². The first-order chi connectivity index (χ1) is 9.42. The van der Waals surface area contributed by atoms with E-state index in [1.807, 2.05) is 0 Å². The van der Waals surface area contributed by atoms with Crippen LogP contribution in [0, 0.1) is 6.92 Å². The maximum atomic E-state index is 3.73. The highest BCUT2D eigenvalue weighted by molar-refractivity contribution is 5.66. The average Bonchev–Trinajstić information content (AvgIpc) is 2.40. The molecule has 104 valence electrons. The van der Waals surface area contributed by atoms with Gasteiger partial charge in [-0.05, 0) is 43.9 Å². The van der Waals surface area contributed by atoms with E-state index in [0.29, 0.717) is 0 Å². The third kappa shape index (κ3) is 2.02. The summed E-state index contributed by atoms with van der Waals surface area (Å²) in [6.07, 6.45) is 1.10. The van der Waals surface area contributed by atoms with Crippen molar-refractivity contribution in [2.75, 3.05) is 5.32 Å². The topological polar surface area (TPSA) is 12.0 Å². The summed E-state index contributed by atoms with van der Waals surface area (Å²) < 4.78 is 0. The molecule has 1 heterocycles. The molecule has 1 aliphatic heterocycles. The highest BCUT2D eigenvalue weighted by atomic mass is 15.0. The lowest BCUT2D eigenvalue weighted by Gasteiger charge is -2.46. The molecule has 0 radical (unpaired) electrons. The second-order valence-corrected chi connectivity index (χ2v) is 6.88. The lowest BCUT2D eigenvalue weighted by molar-refractivity contribution is 0.378. The van der Waals surface area contributed by atoms with Gasteiger partial charge in [0.1, 0.15) is 0 Å². The predicted molar refractivity (Wildman–Crippen MR) is 86.4 cm³/mol. The summed E-state index contributed by atoms with van der Waals surface area (Å²) in [7, 11) is 0. The van der Waals surface area contributed by atoms with E-state index in [4.69, 9.17) is 0 Å². The van der Waals surface area contributed by atoms with Crippen LogP contribution in [0.4, 0.5) is 5.69 Å². The molecule has 0 saturated heterocycles. The summed E-state index contributed by atoms with van der Waals surface area (Å²) >= 11 is 0. The van der Waals surface area contributed by atoms with Crippen LogP contribution in [-0.2, 0) is 5.41 Å². The first-order valence-corrected chi connectivity index (χ1v) is 7.36. The number of benzene rings is 2. The van der Waals surface area contributed by atoms with Crippen molar-refractivity contribution in [3.05, 3.63) is 65.2 Å². The molecule has 2 aromatic carbocycles. The van der Waals surface area contributed by atoms with E-state index >= 15 is 0 Å². The minimum absolute atomic E-state index is 0.0668. The molecule has 1 N–H and O–H groups in total. The molecule has 0 spiro atoms. The number of nitrogens with one attached hydrogen (secondary N) is 1. The smallest absolute Gasteiger partial charge is 0.0415 e. The van der Waals surface area contributed by atoms with Gasteiger partial charge >= 0.3 is 0 Å². The Morgan fingerprint density at radius 2 is 1.60 bits per heavy atom. The third-order valence-corrected chi connectivity index (χ3v) is 4.54. The molecule has 3 rings (SSSR count). The molecular formula is C19H23N. The number of hydrogen-bond acceptors (Lipinski definition) is 1. The summed E-state index contributed by atoms with van der Waals surface area (Å²) in [5, 5.41) is 3.73. The molecule has 0 aromatic heterocycles. The molecular weight excluding hydrogens is 242 g/mol. The summed E-state index contributed by atoms with van der Waals surface area (Å²) in [5.74, 6) is 0. The van der Waals surface area contributed by atoms with Crippen LogP contribution in [0.15, 0.2) is 48.5 Å². The minimum Gasteiger partial charge on any atom is -0.380 e. The lowest BCUT2D eigenvalue weighted by atomic mass is 9.65.